The fourth-order valence-electron chi connectivity index (χ4n) is 1.19. The van der Waals surface area contributed by atoms with E-state index in [4.69, 9.17) is 11.6 Å². The van der Waals surface area contributed by atoms with Crippen molar-refractivity contribution in [3.8, 4) is 0 Å². The quantitative estimate of drug-likeness (QED) is 0.576. The van der Waals surface area contributed by atoms with Gasteiger partial charge in [-0.05, 0) is 11.6 Å². The first-order valence-corrected chi connectivity index (χ1v) is 4.23. The summed E-state index contributed by atoms with van der Waals surface area (Å²) in [5.74, 6) is 0. The summed E-state index contributed by atoms with van der Waals surface area (Å²) in [5.41, 5.74) is 2.09. The largest absolute Gasteiger partial charge is 0.240 e. The summed E-state index contributed by atoms with van der Waals surface area (Å²) >= 11 is 5.85. The van der Waals surface area contributed by atoms with E-state index in [-0.39, 0.29) is 0 Å². The molecule has 1 aliphatic rings. The van der Waals surface area contributed by atoms with Crippen LogP contribution in [0.5, 0.6) is 0 Å². The van der Waals surface area contributed by atoms with Gasteiger partial charge >= 0.3 is 0 Å². The molecule has 1 heterocycles. The van der Waals surface area contributed by atoms with Gasteiger partial charge in [0.05, 0.1) is 5.69 Å². The highest BCUT2D eigenvalue weighted by atomic mass is 35.5. The molecule has 0 aromatic heterocycles. The van der Waals surface area contributed by atoms with E-state index in [1.54, 1.807) is 0 Å². The molecular weight excluding hydrogens is 170 g/mol. The minimum atomic E-state index is 0.649. The third-order valence-corrected chi connectivity index (χ3v) is 2.00. The maximum atomic E-state index is 5.85. The monoisotopic (exact) mass is 177 g/mol. The average Bonchev–Trinajstić information content (AvgIpc) is 2.25. The third-order valence-electron chi connectivity index (χ3n) is 1.76. The summed E-state index contributed by atoms with van der Waals surface area (Å²) in [7, 11) is 0. The number of halogens is 1. The van der Waals surface area contributed by atoms with Gasteiger partial charge in [0, 0.05) is 6.42 Å². The predicted octanol–water partition coefficient (Wildman–Crippen LogP) is 3.37. The van der Waals surface area contributed by atoms with Crippen LogP contribution in [0.2, 0.25) is 0 Å². The second kappa shape index (κ2) is 3.11. The van der Waals surface area contributed by atoms with Crippen LogP contribution in [0.15, 0.2) is 35.3 Å². The molecule has 2 heteroatoms. The van der Waals surface area contributed by atoms with E-state index in [1.165, 1.54) is 0 Å². The van der Waals surface area contributed by atoms with Crippen LogP contribution in [-0.2, 0) is 0 Å². The van der Waals surface area contributed by atoms with Gasteiger partial charge in [0.15, 0.2) is 0 Å². The normalized spacial score (nSPS) is 14.9. The zero-order valence-corrected chi connectivity index (χ0v) is 7.25. The summed E-state index contributed by atoms with van der Waals surface area (Å²) in [6, 6.07) is 7.96. The van der Waals surface area contributed by atoms with Crippen molar-refractivity contribution >= 4 is 28.5 Å². The molecule has 0 radical (unpaired) electrons. The molecule has 60 valence electrons. The van der Waals surface area contributed by atoms with Crippen LogP contribution >= 0.6 is 11.6 Å². The standard InChI is InChI=1S/C10H8ClN/c11-10-7-3-5-8-4-1-2-6-9(8)12-10/h1-6H,7H2. The molecule has 1 nitrogen and oxygen atoms in total. The Bertz CT molecular complexity index is 353. The Labute approximate surface area is 76.4 Å². The highest BCUT2D eigenvalue weighted by Crippen LogP contribution is 2.24. The number of rotatable bonds is 0. The zero-order chi connectivity index (χ0) is 8.39. The number of benzene rings is 1. The zero-order valence-electron chi connectivity index (χ0n) is 6.50. The lowest BCUT2D eigenvalue weighted by Crippen LogP contribution is -1.79. The van der Waals surface area contributed by atoms with Crippen molar-refractivity contribution in [3.05, 3.63) is 35.9 Å². The van der Waals surface area contributed by atoms with Crippen molar-refractivity contribution in [2.24, 2.45) is 4.99 Å². The highest BCUT2D eigenvalue weighted by Gasteiger charge is 2.01. The molecule has 1 aromatic carbocycles. The van der Waals surface area contributed by atoms with E-state index in [2.05, 4.69) is 4.99 Å². The van der Waals surface area contributed by atoms with Crippen molar-refractivity contribution < 1.29 is 0 Å². The Morgan fingerprint density at radius 1 is 1.25 bits per heavy atom. The average molecular weight is 178 g/mol. The first-order valence-electron chi connectivity index (χ1n) is 3.85. The first-order chi connectivity index (χ1) is 5.86. The second-order valence-electron chi connectivity index (χ2n) is 2.65. The minimum absolute atomic E-state index is 0.649. The van der Waals surface area contributed by atoms with E-state index in [0.29, 0.717) is 5.17 Å². The summed E-state index contributed by atoms with van der Waals surface area (Å²) in [6.45, 7) is 0. The lowest BCUT2D eigenvalue weighted by Gasteiger charge is -1.96. The molecule has 0 bridgehead atoms. The molecule has 2 rings (SSSR count). The van der Waals surface area contributed by atoms with Crippen LogP contribution in [0.3, 0.4) is 0 Å². The van der Waals surface area contributed by atoms with Gasteiger partial charge in [-0.25, -0.2) is 4.99 Å². The Hall–Kier alpha value is -1.08. The molecular formula is C10H8ClN. The lowest BCUT2D eigenvalue weighted by atomic mass is 10.2. The molecule has 0 atom stereocenters. The van der Waals surface area contributed by atoms with E-state index < -0.39 is 0 Å². The van der Waals surface area contributed by atoms with Crippen LogP contribution in [0, 0.1) is 0 Å². The van der Waals surface area contributed by atoms with Crippen molar-refractivity contribution in [1.29, 1.82) is 0 Å². The van der Waals surface area contributed by atoms with Gasteiger partial charge in [0.25, 0.3) is 0 Å². The van der Waals surface area contributed by atoms with Crippen molar-refractivity contribution in [2.45, 2.75) is 6.42 Å². The molecule has 0 aliphatic carbocycles. The number of hydrogen-bond acceptors (Lipinski definition) is 1. The molecule has 0 fully saturated rings. The fourth-order valence-corrected chi connectivity index (χ4v) is 1.37. The maximum absolute atomic E-state index is 5.85. The van der Waals surface area contributed by atoms with Gasteiger partial charge in [-0.15, -0.1) is 0 Å². The minimum Gasteiger partial charge on any atom is -0.240 e. The Morgan fingerprint density at radius 2 is 2.08 bits per heavy atom. The summed E-state index contributed by atoms with van der Waals surface area (Å²) in [5, 5.41) is 0.649. The maximum Gasteiger partial charge on any atom is 0.110 e. The molecule has 0 spiro atoms. The van der Waals surface area contributed by atoms with Crippen LogP contribution < -0.4 is 0 Å². The Morgan fingerprint density at radius 3 is 3.00 bits per heavy atom. The Kier molecular flexibility index (Phi) is 1.96. The van der Waals surface area contributed by atoms with Crippen LogP contribution in [0.1, 0.15) is 12.0 Å². The molecule has 1 aromatic rings. The van der Waals surface area contributed by atoms with E-state index >= 15 is 0 Å². The lowest BCUT2D eigenvalue weighted by molar-refractivity contribution is 1.47. The summed E-state index contributed by atoms with van der Waals surface area (Å²) < 4.78 is 0. The van der Waals surface area contributed by atoms with E-state index in [9.17, 15) is 0 Å². The summed E-state index contributed by atoms with van der Waals surface area (Å²) in [4.78, 5) is 4.26. The van der Waals surface area contributed by atoms with Gasteiger partial charge in [-0.3, -0.25) is 0 Å². The smallest absolute Gasteiger partial charge is 0.110 e. The molecule has 0 saturated heterocycles. The SMILES string of the molecule is ClC1=Nc2ccccc2C=CC1. The van der Waals surface area contributed by atoms with Gasteiger partial charge < -0.3 is 0 Å². The molecule has 0 saturated carbocycles. The van der Waals surface area contributed by atoms with Crippen molar-refractivity contribution in [1.82, 2.24) is 0 Å². The van der Waals surface area contributed by atoms with Crippen LogP contribution in [0.4, 0.5) is 5.69 Å². The topological polar surface area (TPSA) is 12.4 Å². The van der Waals surface area contributed by atoms with Gasteiger partial charge in [0.2, 0.25) is 0 Å². The fraction of sp³-hybridized carbons (Fsp3) is 0.100. The number of nitrogens with zero attached hydrogens (tertiary/aromatic N) is 1. The number of hydrogen-bond donors (Lipinski definition) is 0. The van der Waals surface area contributed by atoms with Gasteiger partial charge in [0.1, 0.15) is 5.17 Å². The summed E-state index contributed by atoms with van der Waals surface area (Å²) in [6.07, 6.45) is 4.81. The van der Waals surface area contributed by atoms with E-state index in [0.717, 1.165) is 17.7 Å². The molecule has 1 aliphatic heterocycles. The Balaban J connectivity index is 2.58. The number of allylic oxidation sites excluding steroid dienone is 1. The molecule has 0 N–H and O–H groups in total. The van der Waals surface area contributed by atoms with E-state index in [1.807, 2.05) is 36.4 Å². The number of para-hydroxylation sites is 1. The van der Waals surface area contributed by atoms with Gasteiger partial charge in [-0.2, -0.15) is 0 Å². The molecule has 0 amide bonds. The molecule has 12 heavy (non-hydrogen) atoms. The third kappa shape index (κ3) is 1.41. The highest BCUT2D eigenvalue weighted by molar-refractivity contribution is 6.65. The first kappa shape index (κ1) is 7.56. The van der Waals surface area contributed by atoms with Crippen molar-refractivity contribution in [3.63, 3.8) is 0 Å². The van der Waals surface area contributed by atoms with Gasteiger partial charge in [-0.1, -0.05) is 42.0 Å². The number of fused-ring (bicyclic) bond motifs is 1. The van der Waals surface area contributed by atoms with Crippen molar-refractivity contribution in [2.75, 3.05) is 0 Å². The predicted molar refractivity (Wildman–Crippen MR) is 53.0 cm³/mol. The number of aliphatic imine (C=N–C) groups is 1. The van der Waals surface area contributed by atoms with Crippen LogP contribution in [-0.4, -0.2) is 5.17 Å². The van der Waals surface area contributed by atoms with Crippen LogP contribution in [0.25, 0.3) is 6.08 Å². The molecule has 0 unspecified atom stereocenters. The second-order valence-corrected chi connectivity index (χ2v) is 3.09.